The molecule has 3 amide bonds. The number of rotatable bonds is 3. The van der Waals surface area contributed by atoms with Crippen LogP contribution in [0.1, 0.15) is 31.3 Å². The maximum absolute atomic E-state index is 14.8. The second-order valence-electron chi connectivity index (χ2n) is 9.92. The molecule has 0 aliphatic carbocycles. The number of amides is 3. The van der Waals surface area contributed by atoms with Crippen molar-refractivity contribution in [2.75, 3.05) is 45.9 Å². The number of H-pyrrole nitrogens is 1. The Morgan fingerprint density at radius 2 is 1.61 bits per heavy atom. The number of fused-ring (bicyclic) bond motifs is 1. The van der Waals surface area contributed by atoms with Gasteiger partial charge < -0.3 is 29.2 Å². The van der Waals surface area contributed by atoms with Crippen molar-refractivity contribution in [2.24, 2.45) is 0 Å². The van der Waals surface area contributed by atoms with Gasteiger partial charge in [-0.05, 0) is 32.9 Å². The summed E-state index contributed by atoms with van der Waals surface area (Å²) in [4.78, 5) is 44.3. The van der Waals surface area contributed by atoms with E-state index in [1.54, 1.807) is 20.8 Å². The number of carbonyl (C=O) groups excluding carboxylic acids is 3. The molecule has 13 heteroatoms. The van der Waals surface area contributed by atoms with Gasteiger partial charge in [-0.2, -0.15) is 0 Å². The molecule has 2 saturated heterocycles. The summed E-state index contributed by atoms with van der Waals surface area (Å²) in [5, 5.41) is 0.0764. The fraction of sp³-hybridized carbons (Fsp3) is 0.522. The Morgan fingerprint density at radius 1 is 1.00 bits per heavy atom. The third-order valence-corrected chi connectivity index (χ3v) is 6.63. The van der Waals surface area contributed by atoms with Crippen LogP contribution in [-0.4, -0.2) is 94.9 Å². The van der Waals surface area contributed by atoms with Gasteiger partial charge in [0.15, 0.2) is 5.67 Å². The fourth-order valence-electron chi connectivity index (χ4n) is 4.05. The van der Waals surface area contributed by atoms with E-state index in [9.17, 15) is 23.2 Å². The number of hydrogen-bond acceptors (Lipinski definition) is 5. The van der Waals surface area contributed by atoms with Crippen molar-refractivity contribution < 1.29 is 32.6 Å². The molecule has 36 heavy (non-hydrogen) atoms. The molecule has 0 radical (unpaired) electrons. The van der Waals surface area contributed by atoms with E-state index < -0.39 is 41.8 Å². The van der Waals surface area contributed by atoms with E-state index in [-0.39, 0.29) is 60.4 Å². The number of benzene rings is 1. The summed E-state index contributed by atoms with van der Waals surface area (Å²) < 4.78 is 38.9. The monoisotopic (exact) mass is 546 g/mol. The molecule has 1 aromatic heterocycles. The van der Waals surface area contributed by atoms with E-state index in [1.807, 2.05) is 0 Å². The van der Waals surface area contributed by atoms with E-state index in [4.69, 9.17) is 32.7 Å². The van der Waals surface area contributed by atoms with Crippen molar-refractivity contribution in [1.82, 2.24) is 19.7 Å². The number of ether oxygens (including phenoxy) is 2. The number of alkyl halides is 1. The van der Waals surface area contributed by atoms with Crippen LogP contribution in [0.2, 0.25) is 10.0 Å². The lowest BCUT2D eigenvalue weighted by Crippen LogP contribution is -2.64. The summed E-state index contributed by atoms with van der Waals surface area (Å²) in [6.07, 6.45) is -1.33. The highest BCUT2D eigenvalue weighted by Gasteiger charge is 2.48. The van der Waals surface area contributed by atoms with Gasteiger partial charge >= 0.3 is 12.2 Å². The predicted molar refractivity (Wildman–Crippen MR) is 129 cm³/mol. The van der Waals surface area contributed by atoms with Crippen LogP contribution >= 0.6 is 23.2 Å². The third kappa shape index (κ3) is 5.31. The molecule has 4 rings (SSSR count). The Bertz CT molecular complexity index is 1200. The maximum Gasteiger partial charge on any atom is 0.410 e. The van der Waals surface area contributed by atoms with E-state index in [0.717, 1.165) is 0 Å². The topological polar surface area (TPSA) is 95.2 Å². The molecule has 0 bridgehead atoms. The first-order valence-electron chi connectivity index (χ1n) is 11.3. The van der Waals surface area contributed by atoms with Crippen molar-refractivity contribution in [3.63, 3.8) is 0 Å². The Morgan fingerprint density at radius 3 is 2.22 bits per heavy atom. The lowest BCUT2D eigenvalue weighted by atomic mass is 9.98. The second-order valence-corrected chi connectivity index (χ2v) is 10.7. The van der Waals surface area contributed by atoms with Crippen LogP contribution in [0.4, 0.5) is 18.4 Å². The van der Waals surface area contributed by atoms with E-state index in [1.165, 1.54) is 26.8 Å². The Labute approximate surface area is 216 Å². The number of nitrogens with one attached hydrogen (secondary N) is 1. The predicted octanol–water partition coefficient (Wildman–Crippen LogP) is 4.47. The highest BCUT2D eigenvalue weighted by Crippen LogP contribution is 2.35. The van der Waals surface area contributed by atoms with Crippen LogP contribution in [-0.2, 0) is 9.47 Å². The number of halogens is 4. The molecular formula is C23H26Cl2F2N4O5. The van der Waals surface area contributed by atoms with Gasteiger partial charge in [-0.25, -0.2) is 18.4 Å². The number of aromatic nitrogens is 1. The van der Waals surface area contributed by atoms with Gasteiger partial charge in [-0.3, -0.25) is 4.79 Å². The van der Waals surface area contributed by atoms with Gasteiger partial charge in [0.1, 0.15) is 23.7 Å². The largest absolute Gasteiger partial charge is 0.446 e. The molecule has 1 aromatic carbocycles. The van der Waals surface area contributed by atoms with Gasteiger partial charge in [0.05, 0.1) is 23.1 Å². The van der Waals surface area contributed by atoms with E-state index in [0.29, 0.717) is 5.52 Å². The minimum atomic E-state index is -1.84. The molecule has 1 N–H and O–H groups in total. The first-order chi connectivity index (χ1) is 16.8. The zero-order chi connectivity index (χ0) is 26.4. The highest BCUT2D eigenvalue weighted by atomic mass is 35.5. The average molecular weight is 547 g/mol. The lowest BCUT2D eigenvalue weighted by molar-refractivity contribution is -0.0787. The minimum absolute atomic E-state index is 0.0236. The molecule has 0 atom stereocenters. The molecule has 9 nitrogen and oxygen atoms in total. The normalized spacial score (nSPS) is 17.7. The maximum atomic E-state index is 14.8. The zero-order valence-electron chi connectivity index (χ0n) is 20.0. The molecule has 2 aliphatic heterocycles. The van der Waals surface area contributed by atoms with E-state index >= 15 is 0 Å². The summed E-state index contributed by atoms with van der Waals surface area (Å²) in [6.45, 7) is 4.92. The van der Waals surface area contributed by atoms with Gasteiger partial charge in [0.2, 0.25) is 0 Å². The van der Waals surface area contributed by atoms with Gasteiger partial charge in [-0.1, -0.05) is 23.2 Å². The van der Waals surface area contributed by atoms with E-state index in [2.05, 4.69) is 4.98 Å². The zero-order valence-corrected chi connectivity index (χ0v) is 21.5. The van der Waals surface area contributed by atoms with Crippen molar-refractivity contribution in [1.29, 1.82) is 0 Å². The number of likely N-dealkylation sites (tertiary alicyclic amines) is 1. The molecule has 0 saturated carbocycles. The minimum Gasteiger partial charge on any atom is -0.446 e. The van der Waals surface area contributed by atoms with Crippen LogP contribution in [0, 0.1) is 5.82 Å². The third-order valence-electron chi connectivity index (χ3n) is 5.89. The summed E-state index contributed by atoms with van der Waals surface area (Å²) >= 11 is 12.3. The Hall–Kier alpha value is -2.79. The first kappa shape index (κ1) is 26.3. The summed E-state index contributed by atoms with van der Waals surface area (Å²) in [5.41, 5.74) is -2.02. The molecule has 196 valence electrons. The molecule has 3 heterocycles. The van der Waals surface area contributed by atoms with Gasteiger partial charge in [-0.15, -0.1) is 0 Å². The Balaban J connectivity index is 1.27. The molecule has 2 aromatic rings. The lowest BCUT2D eigenvalue weighted by Gasteiger charge is -2.44. The average Bonchev–Trinajstić information content (AvgIpc) is 3.13. The van der Waals surface area contributed by atoms with Crippen LogP contribution in [0.3, 0.4) is 0 Å². The van der Waals surface area contributed by atoms with Crippen LogP contribution in [0.5, 0.6) is 0 Å². The molecule has 0 spiro atoms. The quantitative estimate of drug-likeness (QED) is 0.612. The fourth-order valence-corrected chi connectivity index (χ4v) is 4.68. The van der Waals surface area contributed by atoms with Crippen molar-refractivity contribution in [3.05, 3.63) is 33.7 Å². The van der Waals surface area contributed by atoms with Gasteiger partial charge in [0, 0.05) is 37.1 Å². The van der Waals surface area contributed by atoms with Crippen LogP contribution in [0.15, 0.2) is 12.1 Å². The van der Waals surface area contributed by atoms with Crippen molar-refractivity contribution in [3.8, 4) is 0 Å². The number of hydrogen-bond donors (Lipinski definition) is 1. The highest BCUT2D eigenvalue weighted by molar-refractivity contribution is 6.44. The number of piperazine rings is 1. The molecule has 0 unspecified atom stereocenters. The summed E-state index contributed by atoms with van der Waals surface area (Å²) in [5.74, 6) is -1.06. The van der Waals surface area contributed by atoms with Crippen LogP contribution < -0.4 is 0 Å². The standard InChI is InChI=1S/C23H26Cl2F2N4O5/c1-22(2,3)36-21(34)31-10-23(27,11-31)12-35-20(33)30-8-6-29(7-9-30)19(32)18-17(25)15-14(28-18)5-4-13(26)16(15)24/h4-5,28H,6-12H2,1-3H3. The first-order valence-corrected chi connectivity index (χ1v) is 12.1. The summed E-state index contributed by atoms with van der Waals surface area (Å²) in [6, 6.07) is 2.62. The van der Waals surface area contributed by atoms with Crippen molar-refractivity contribution >= 4 is 52.2 Å². The van der Waals surface area contributed by atoms with Gasteiger partial charge in [0.25, 0.3) is 5.91 Å². The number of nitrogens with zero attached hydrogens (tertiary/aromatic N) is 3. The van der Waals surface area contributed by atoms with Crippen molar-refractivity contribution in [2.45, 2.75) is 32.0 Å². The number of aromatic amines is 1. The second kappa shape index (κ2) is 9.59. The SMILES string of the molecule is CC(C)(C)OC(=O)N1CC(F)(COC(=O)N2CCN(C(=O)c3[nH]c4ccc(F)c(Cl)c4c3Cl)CC2)C1. The molecule has 2 aliphatic rings. The Kier molecular flexibility index (Phi) is 7.00. The number of carbonyl (C=O) groups is 3. The summed E-state index contributed by atoms with van der Waals surface area (Å²) in [7, 11) is 0. The molecular weight excluding hydrogens is 521 g/mol. The smallest absolute Gasteiger partial charge is 0.410 e. The molecule has 2 fully saturated rings. The van der Waals surface area contributed by atoms with Crippen LogP contribution in [0.25, 0.3) is 10.9 Å².